The molecule has 0 amide bonds. The molecule has 0 aliphatic carbocycles. The summed E-state index contributed by atoms with van der Waals surface area (Å²) in [5.74, 6) is 0.698. The minimum atomic E-state index is -0.280. The van der Waals surface area contributed by atoms with Crippen molar-refractivity contribution in [1.29, 1.82) is 5.26 Å². The van der Waals surface area contributed by atoms with Gasteiger partial charge < -0.3 is 19.5 Å². The average Bonchev–Trinajstić information content (AvgIpc) is 2.44. The highest BCUT2D eigenvalue weighted by Gasteiger charge is 2.14. The lowest BCUT2D eigenvalue weighted by atomic mass is 10.2. The van der Waals surface area contributed by atoms with Crippen molar-refractivity contribution in [2.24, 2.45) is 0 Å². The summed E-state index contributed by atoms with van der Waals surface area (Å²) in [4.78, 5) is 0. The highest BCUT2D eigenvalue weighted by Crippen LogP contribution is 2.13. The standard InChI is InChI=1S/C14H20N2O3/c1-11(14(17-2)18-3)16-10-12-5-4-6-13(9-12)19-8-7-15/h4-6,9,11,14,16H,8,10H2,1-3H3. The second-order valence-electron chi connectivity index (χ2n) is 4.10. The maximum atomic E-state index is 8.47. The molecule has 0 radical (unpaired) electrons. The number of ether oxygens (including phenoxy) is 3. The van der Waals surface area contributed by atoms with Gasteiger partial charge in [-0.15, -0.1) is 0 Å². The fourth-order valence-corrected chi connectivity index (χ4v) is 1.74. The van der Waals surface area contributed by atoms with E-state index in [-0.39, 0.29) is 18.9 Å². The van der Waals surface area contributed by atoms with Gasteiger partial charge >= 0.3 is 0 Å². The van der Waals surface area contributed by atoms with Gasteiger partial charge in [-0.3, -0.25) is 0 Å². The molecule has 0 saturated carbocycles. The fourth-order valence-electron chi connectivity index (χ4n) is 1.74. The Bertz CT molecular complexity index is 413. The van der Waals surface area contributed by atoms with Crippen LogP contribution < -0.4 is 10.1 Å². The van der Waals surface area contributed by atoms with E-state index in [1.165, 1.54) is 0 Å². The highest BCUT2D eigenvalue weighted by atomic mass is 16.7. The summed E-state index contributed by atoms with van der Waals surface area (Å²) < 4.78 is 15.6. The number of nitrogens with zero attached hydrogens (tertiary/aromatic N) is 1. The zero-order valence-electron chi connectivity index (χ0n) is 11.6. The normalized spacial score (nSPS) is 12.2. The Morgan fingerprint density at radius 2 is 2.05 bits per heavy atom. The average molecular weight is 264 g/mol. The first-order valence-corrected chi connectivity index (χ1v) is 6.09. The van der Waals surface area contributed by atoms with Gasteiger partial charge in [0.2, 0.25) is 0 Å². The summed E-state index contributed by atoms with van der Waals surface area (Å²) >= 11 is 0. The molecular formula is C14H20N2O3. The van der Waals surface area contributed by atoms with Crippen molar-refractivity contribution in [2.75, 3.05) is 20.8 Å². The van der Waals surface area contributed by atoms with Gasteiger partial charge in [0.05, 0.1) is 6.04 Å². The minimum absolute atomic E-state index is 0.0582. The van der Waals surface area contributed by atoms with E-state index in [1.54, 1.807) is 14.2 Å². The van der Waals surface area contributed by atoms with Gasteiger partial charge in [-0.1, -0.05) is 12.1 Å². The molecule has 0 fully saturated rings. The summed E-state index contributed by atoms with van der Waals surface area (Å²) in [6.45, 7) is 2.73. The van der Waals surface area contributed by atoms with Gasteiger partial charge in [-0.25, -0.2) is 0 Å². The van der Waals surface area contributed by atoms with Gasteiger partial charge in [-0.2, -0.15) is 5.26 Å². The van der Waals surface area contributed by atoms with Gasteiger partial charge in [0.15, 0.2) is 12.9 Å². The van der Waals surface area contributed by atoms with Crippen LogP contribution in [0.2, 0.25) is 0 Å². The van der Waals surface area contributed by atoms with Crippen molar-refractivity contribution in [3.63, 3.8) is 0 Å². The van der Waals surface area contributed by atoms with Crippen LogP contribution in [0.4, 0.5) is 0 Å². The number of hydrogen-bond donors (Lipinski definition) is 1. The summed E-state index contributed by atoms with van der Waals surface area (Å²) in [5, 5.41) is 11.8. The number of benzene rings is 1. The lowest BCUT2D eigenvalue weighted by Crippen LogP contribution is -2.39. The first kappa shape index (κ1) is 15.4. The molecular weight excluding hydrogens is 244 g/mol. The highest BCUT2D eigenvalue weighted by molar-refractivity contribution is 5.28. The molecule has 104 valence electrons. The Kier molecular flexibility index (Phi) is 6.90. The first-order valence-electron chi connectivity index (χ1n) is 6.09. The molecule has 0 bridgehead atoms. The van der Waals surface area contributed by atoms with E-state index in [1.807, 2.05) is 37.3 Å². The molecule has 1 aromatic rings. The van der Waals surface area contributed by atoms with Crippen LogP contribution in [0.25, 0.3) is 0 Å². The van der Waals surface area contributed by atoms with E-state index in [0.29, 0.717) is 12.3 Å². The van der Waals surface area contributed by atoms with E-state index in [2.05, 4.69) is 5.32 Å². The largest absolute Gasteiger partial charge is 0.479 e. The molecule has 0 saturated heterocycles. The smallest absolute Gasteiger partial charge is 0.174 e. The quantitative estimate of drug-likeness (QED) is 0.724. The predicted octanol–water partition coefficient (Wildman–Crippen LogP) is 1.69. The first-order chi connectivity index (χ1) is 9.21. The second kappa shape index (κ2) is 8.48. The topological polar surface area (TPSA) is 63.5 Å². The Balaban J connectivity index is 2.51. The van der Waals surface area contributed by atoms with Crippen LogP contribution in [0.5, 0.6) is 5.75 Å². The van der Waals surface area contributed by atoms with E-state index in [9.17, 15) is 0 Å². The van der Waals surface area contributed by atoms with Crippen molar-refractivity contribution in [3.05, 3.63) is 29.8 Å². The number of methoxy groups -OCH3 is 2. The van der Waals surface area contributed by atoms with Crippen molar-refractivity contribution < 1.29 is 14.2 Å². The van der Waals surface area contributed by atoms with Crippen LogP contribution in [0, 0.1) is 11.3 Å². The SMILES string of the molecule is COC(OC)C(C)NCc1cccc(OCC#N)c1. The van der Waals surface area contributed by atoms with Crippen LogP contribution in [0.1, 0.15) is 12.5 Å². The maximum Gasteiger partial charge on any atom is 0.174 e. The fraction of sp³-hybridized carbons (Fsp3) is 0.500. The number of nitriles is 1. The second-order valence-corrected chi connectivity index (χ2v) is 4.10. The molecule has 5 heteroatoms. The Morgan fingerprint density at radius 3 is 2.68 bits per heavy atom. The molecule has 0 aromatic heterocycles. The third-order valence-electron chi connectivity index (χ3n) is 2.70. The molecule has 19 heavy (non-hydrogen) atoms. The molecule has 1 atom stereocenters. The molecule has 0 spiro atoms. The number of nitrogens with one attached hydrogen (secondary N) is 1. The lowest BCUT2D eigenvalue weighted by molar-refractivity contribution is -0.119. The summed E-state index contributed by atoms with van der Waals surface area (Å²) in [6, 6.07) is 9.65. The molecule has 0 heterocycles. The number of hydrogen-bond acceptors (Lipinski definition) is 5. The molecule has 1 unspecified atom stereocenters. The molecule has 1 N–H and O–H groups in total. The van der Waals surface area contributed by atoms with E-state index < -0.39 is 0 Å². The lowest BCUT2D eigenvalue weighted by Gasteiger charge is -2.22. The molecule has 0 aliphatic rings. The van der Waals surface area contributed by atoms with E-state index >= 15 is 0 Å². The zero-order chi connectivity index (χ0) is 14.1. The predicted molar refractivity (Wildman–Crippen MR) is 71.7 cm³/mol. The van der Waals surface area contributed by atoms with Gasteiger partial charge in [0.25, 0.3) is 0 Å². The summed E-state index contributed by atoms with van der Waals surface area (Å²) in [7, 11) is 3.23. The van der Waals surface area contributed by atoms with Crippen molar-refractivity contribution >= 4 is 0 Å². The van der Waals surface area contributed by atoms with Crippen molar-refractivity contribution in [3.8, 4) is 11.8 Å². The third-order valence-corrected chi connectivity index (χ3v) is 2.70. The van der Waals surface area contributed by atoms with Gasteiger partial charge in [0.1, 0.15) is 11.8 Å². The Labute approximate surface area is 114 Å². The third kappa shape index (κ3) is 5.26. The van der Waals surface area contributed by atoms with Crippen LogP contribution >= 0.6 is 0 Å². The number of rotatable bonds is 8. The monoisotopic (exact) mass is 264 g/mol. The van der Waals surface area contributed by atoms with E-state index in [4.69, 9.17) is 19.5 Å². The zero-order valence-corrected chi connectivity index (χ0v) is 11.6. The van der Waals surface area contributed by atoms with Crippen LogP contribution in [0.3, 0.4) is 0 Å². The van der Waals surface area contributed by atoms with Crippen LogP contribution in [0.15, 0.2) is 24.3 Å². The molecule has 0 aliphatic heterocycles. The van der Waals surface area contributed by atoms with E-state index in [0.717, 1.165) is 5.56 Å². The minimum Gasteiger partial charge on any atom is -0.479 e. The van der Waals surface area contributed by atoms with Crippen molar-refractivity contribution in [2.45, 2.75) is 25.8 Å². The Morgan fingerprint density at radius 1 is 1.32 bits per heavy atom. The summed E-state index contributed by atoms with van der Waals surface area (Å²) in [5.41, 5.74) is 1.08. The van der Waals surface area contributed by atoms with Crippen molar-refractivity contribution in [1.82, 2.24) is 5.32 Å². The Hall–Kier alpha value is -1.61. The summed E-state index contributed by atoms with van der Waals surface area (Å²) in [6.07, 6.45) is -0.280. The van der Waals surface area contributed by atoms with Crippen LogP contribution in [-0.4, -0.2) is 33.2 Å². The van der Waals surface area contributed by atoms with Crippen LogP contribution in [-0.2, 0) is 16.0 Å². The van der Waals surface area contributed by atoms with Gasteiger partial charge in [0, 0.05) is 20.8 Å². The maximum absolute atomic E-state index is 8.47. The molecule has 1 aromatic carbocycles. The van der Waals surface area contributed by atoms with Gasteiger partial charge in [-0.05, 0) is 24.6 Å². The molecule has 1 rings (SSSR count). The molecule has 5 nitrogen and oxygen atoms in total.